The molecule has 0 amide bonds. The van der Waals surface area contributed by atoms with Gasteiger partial charge in [0, 0.05) is 44.8 Å². The first-order valence-corrected chi connectivity index (χ1v) is 7.35. The smallest absolute Gasteiger partial charge is 0.0227 e. The third-order valence-corrected chi connectivity index (χ3v) is 5.79. The summed E-state index contributed by atoms with van der Waals surface area (Å²) >= 11 is 0. The molecule has 0 aromatic heterocycles. The first-order chi connectivity index (χ1) is 8.22. The van der Waals surface area contributed by atoms with E-state index in [0.29, 0.717) is 0 Å². The Balaban J connectivity index is 1.39. The van der Waals surface area contributed by atoms with E-state index >= 15 is 0 Å². The van der Waals surface area contributed by atoms with E-state index in [-0.39, 0.29) is 0 Å². The second kappa shape index (κ2) is 3.69. The molecule has 0 N–H and O–H groups in total. The van der Waals surface area contributed by atoms with E-state index in [1.54, 1.807) is 0 Å². The lowest BCUT2D eigenvalue weighted by Crippen LogP contribution is -2.53. The van der Waals surface area contributed by atoms with E-state index in [0.717, 1.165) is 29.8 Å². The van der Waals surface area contributed by atoms with Crippen LogP contribution in [-0.2, 0) is 0 Å². The summed E-state index contributed by atoms with van der Waals surface area (Å²) in [6.45, 7) is 6.81. The predicted molar refractivity (Wildman–Crippen MR) is 69.0 cm³/mol. The molecule has 4 aliphatic rings. The fourth-order valence-electron chi connectivity index (χ4n) is 4.87. The third-order valence-electron chi connectivity index (χ3n) is 5.79. The number of hydrogen-bond acceptors (Lipinski definition) is 3. The highest BCUT2D eigenvalue weighted by Gasteiger charge is 2.56. The molecule has 0 radical (unpaired) electrons. The maximum Gasteiger partial charge on any atom is 0.0227 e. The molecule has 0 aromatic rings. The minimum absolute atomic E-state index is 0.887. The van der Waals surface area contributed by atoms with Gasteiger partial charge in [0.15, 0.2) is 0 Å². The van der Waals surface area contributed by atoms with Crippen molar-refractivity contribution in [2.24, 2.45) is 17.8 Å². The lowest BCUT2D eigenvalue weighted by Gasteiger charge is -2.40. The molecule has 4 rings (SSSR count). The number of hydrogen-bond donors (Lipinski definition) is 0. The van der Waals surface area contributed by atoms with Crippen molar-refractivity contribution in [1.29, 1.82) is 0 Å². The second-order valence-corrected chi connectivity index (χ2v) is 7.02. The fraction of sp³-hybridized carbons (Fsp3) is 1.00. The number of likely N-dealkylation sites (tertiary alicyclic amines) is 2. The number of rotatable bonds is 2. The molecule has 3 heteroatoms. The zero-order valence-corrected chi connectivity index (χ0v) is 11.2. The molecule has 0 spiro atoms. The highest BCUT2D eigenvalue weighted by Crippen LogP contribution is 2.52. The van der Waals surface area contributed by atoms with Crippen molar-refractivity contribution in [3.63, 3.8) is 0 Å². The first kappa shape index (κ1) is 10.8. The molecule has 3 nitrogen and oxygen atoms in total. The zero-order chi connectivity index (χ0) is 11.6. The molecular weight excluding hydrogens is 210 g/mol. The summed E-state index contributed by atoms with van der Waals surface area (Å²) in [5, 5.41) is 0. The van der Waals surface area contributed by atoms with E-state index in [1.165, 1.54) is 45.6 Å². The summed E-state index contributed by atoms with van der Waals surface area (Å²) in [5.41, 5.74) is 0. The number of piperidine rings is 1. The Morgan fingerprint density at radius 2 is 1.35 bits per heavy atom. The summed E-state index contributed by atoms with van der Waals surface area (Å²) in [6.07, 6.45) is 2.91. The normalized spacial score (nSPS) is 50.8. The first-order valence-electron chi connectivity index (χ1n) is 7.35. The SMILES string of the molecule is CN1CC2CCC(C1)N2C[C@H]1[C@@H]2CN(C)C[C@@H]21. The standard InChI is InChI=1S/C14H25N3/c1-15-5-10-3-4-11(6-15)17(10)9-14-12-7-16(2)8-13(12)14/h10-14H,3-9H2,1-2H3/t10?,11?,12-,13+,14+. The van der Waals surface area contributed by atoms with Crippen molar-refractivity contribution < 1.29 is 0 Å². The van der Waals surface area contributed by atoms with Gasteiger partial charge in [0.1, 0.15) is 0 Å². The number of likely N-dealkylation sites (N-methyl/N-ethyl adjacent to an activating group) is 1. The number of nitrogens with zero attached hydrogens (tertiary/aromatic N) is 3. The van der Waals surface area contributed by atoms with Gasteiger partial charge in [-0.1, -0.05) is 0 Å². The van der Waals surface area contributed by atoms with Crippen LogP contribution in [0.1, 0.15) is 12.8 Å². The molecule has 4 fully saturated rings. The van der Waals surface area contributed by atoms with Crippen LogP contribution in [0, 0.1) is 17.8 Å². The van der Waals surface area contributed by atoms with Crippen molar-refractivity contribution in [1.82, 2.24) is 14.7 Å². The van der Waals surface area contributed by atoms with Crippen LogP contribution in [0.2, 0.25) is 0 Å². The summed E-state index contributed by atoms with van der Waals surface area (Å²) in [6, 6.07) is 1.77. The van der Waals surface area contributed by atoms with Crippen LogP contribution in [0.15, 0.2) is 0 Å². The van der Waals surface area contributed by atoms with Crippen LogP contribution in [-0.4, -0.2) is 73.6 Å². The largest absolute Gasteiger partial charge is 0.306 e. The van der Waals surface area contributed by atoms with Crippen LogP contribution in [0.5, 0.6) is 0 Å². The van der Waals surface area contributed by atoms with Gasteiger partial charge in [0.25, 0.3) is 0 Å². The van der Waals surface area contributed by atoms with Crippen LogP contribution in [0.25, 0.3) is 0 Å². The average molecular weight is 235 g/mol. The monoisotopic (exact) mass is 235 g/mol. The lowest BCUT2D eigenvalue weighted by atomic mass is 10.1. The quantitative estimate of drug-likeness (QED) is 0.693. The van der Waals surface area contributed by atoms with E-state index < -0.39 is 0 Å². The molecule has 5 atom stereocenters. The molecule has 2 bridgehead atoms. The molecule has 3 aliphatic heterocycles. The summed E-state index contributed by atoms with van der Waals surface area (Å²) in [7, 11) is 4.58. The molecule has 1 aliphatic carbocycles. The van der Waals surface area contributed by atoms with Crippen molar-refractivity contribution in [3.05, 3.63) is 0 Å². The Kier molecular flexibility index (Phi) is 2.34. The van der Waals surface area contributed by atoms with Crippen LogP contribution in [0.4, 0.5) is 0 Å². The summed E-state index contributed by atoms with van der Waals surface area (Å²) in [5.74, 6) is 3.16. The Morgan fingerprint density at radius 1 is 0.824 bits per heavy atom. The van der Waals surface area contributed by atoms with Crippen LogP contribution >= 0.6 is 0 Å². The molecular formula is C14H25N3. The van der Waals surface area contributed by atoms with Gasteiger partial charge in [-0.05, 0) is 44.7 Å². The van der Waals surface area contributed by atoms with Crippen LogP contribution < -0.4 is 0 Å². The topological polar surface area (TPSA) is 9.72 Å². The highest BCUT2D eigenvalue weighted by atomic mass is 15.3. The molecule has 96 valence electrons. The maximum atomic E-state index is 2.88. The van der Waals surface area contributed by atoms with Gasteiger partial charge in [-0.25, -0.2) is 0 Å². The zero-order valence-electron chi connectivity index (χ0n) is 11.2. The lowest BCUT2D eigenvalue weighted by molar-refractivity contribution is 0.0735. The molecule has 2 unspecified atom stereocenters. The Morgan fingerprint density at radius 3 is 1.94 bits per heavy atom. The van der Waals surface area contributed by atoms with Gasteiger partial charge in [-0.3, -0.25) is 4.90 Å². The second-order valence-electron chi connectivity index (χ2n) is 7.02. The van der Waals surface area contributed by atoms with Gasteiger partial charge in [0.05, 0.1) is 0 Å². The predicted octanol–water partition coefficient (Wildman–Crippen LogP) is 0.572. The number of piperazine rings is 1. The van der Waals surface area contributed by atoms with Gasteiger partial charge in [-0.2, -0.15) is 0 Å². The Hall–Kier alpha value is -0.120. The molecule has 0 aromatic carbocycles. The van der Waals surface area contributed by atoms with Crippen molar-refractivity contribution >= 4 is 0 Å². The Labute approximate surface area is 105 Å². The van der Waals surface area contributed by atoms with Gasteiger partial charge >= 0.3 is 0 Å². The van der Waals surface area contributed by atoms with Crippen molar-refractivity contribution in [2.45, 2.75) is 24.9 Å². The molecule has 17 heavy (non-hydrogen) atoms. The van der Waals surface area contributed by atoms with Crippen molar-refractivity contribution in [3.8, 4) is 0 Å². The fourth-order valence-corrected chi connectivity index (χ4v) is 4.87. The van der Waals surface area contributed by atoms with E-state index in [4.69, 9.17) is 0 Å². The van der Waals surface area contributed by atoms with Gasteiger partial charge in [0.2, 0.25) is 0 Å². The van der Waals surface area contributed by atoms with E-state index in [1.807, 2.05) is 0 Å². The van der Waals surface area contributed by atoms with E-state index in [2.05, 4.69) is 28.8 Å². The molecule has 1 saturated carbocycles. The highest BCUT2D eigenvalue weighted by molar-refractivity contribution is 5.07. The maximum absolute atomic E-state index is 2.88. The number of fused-ring (bicyclic) bond motifs is 3. The Bertz CT molecular complexity index is 293. The summed E-state index contributed by atoms with van der Waals surface area (Å²) in [4.78, 5) is 7.94. The van der Waals surface area contributed by atoms with E-state index in [9.17, 15) is 0 Å². The molecule has 3 heterocycles. The minimum atomic E-state index is 0.887. The van der Waals surface area contributed by atoms with Crippen LogP contribution in [0.3, 0.4) is 0 Å². The van der Waals surface area contributed by atoms with Gasteiger partial charge < -0.3 is 9.80 Å². The molecule has 3 saturated heterocycles. The minimum Gasteiger partial charge on any atom is -0.306 e. The average Bonchev–Trinajstić information content (AvgIpc) is 2.61. The third kappa shape index (κ3) is 1.66. The van der Waals surface area contributed by atoms with Gasteiger partial charge in [-0.15, -0.1) is 0 Å². The van der Waals surface area contributed by atoms with Crippen molar-refractivity contribution in [2.75, 3.05) is 46.8 Å². The summed E-state index contributed by atoms with van der Waals surface area (Å²) < 4.78 is 0.